The lowest BCUT2D eigenvalue weighted by Crippen LogP contribution is -2.41. The molecule has 0 spiro atoms. The molecule has 0 bridgehead atoms. The van der Waals surface area contributed by atoms with E-state index in [1.54, 1.807) is 6.92 Å². The van der Waals surface area contributed by atoms with Crippen molar-refractivity contribution in [3.63, 3.8) is 0 Å². The van der Waals surface area contributed by atoms with Crippen molar-refractivity contribution in [2.75, 3.05) is 12.4 Å². The Morgan fingerprint density at radius 2 is 2.10 bits per heavy atom. The molecule has 30 heavy (non-hydrogen) atoms. The number of imidazole rings is 1. The van der Waals surface area contributed by atoms with Crippen LogP contribution in [-0.4, -0.2) is 61.0 Å². The minimum absolute atomic E-state index is 0.432. The molecule has 10 nitrogen and oxygen atoms in total. The molecule has 1 aromatic carbocycles. The third-order valence-corrected chi connectivity index (χ3v) is 5.57. The van der Waals surface area contributed by atoms with Crippen LogP contribution in [0.3, 0.4) is 0 Å². The lowest BCUT2D eigenvalue weighted by Gasteiger charge is -2.16. The Bertz CT molecular complexity index is 1090. The first-order valence-electron chi connectivity index (χ1n) is 9.31. The summed E-state index contributed by atoms with van der Waals surface area (Å²) >= 11 is 2.26. The highest BCUT2D eigenvalue weighted by Gasteiger charge is 2.47. The van der Waals surface area contributed by atoms with E-state index in [0.717, 1.165) is 9.13 Å². The fourth-order valence-corrected chi connectivity index (χ4v) is 4.02. The summed E-state index contributed by atoms with van der Waals surface area (Å²) in [7, 11) is 1.44. The number of amides is 1. The second-order valence-electron chi connectivity index (χ2n) is 6.97. The molecule has 158 valence electrons. The number of halogens is 1. The normalized spacial score (nSPS) is 23.6. The number of nitrogens with one attached hydrogen (secondary N) is 2. The zero-order chi connectivity index (χ0) is 21.4. The van der Waals surface area contributed by atoms with Crippen molar-refractivity contribution in [2.45, 2.75) is 38.0 Å². The fourth-order valence-electron chi connectivity index (χ4n) is 3.42. The Balaban J connectivity index is 1.64. The van der Waals surface area contributed by atoms with Gasteiger partial charge in [-0.3, -0.25) is 9.36 Å². The van der Waals surface area contributed by atoms with Crippen molar-refractivity contribution < 1.29 is 19.7 Å². The van der Waals surface area contributed by atoms with E-state index in [0.29, 0.717) is 29.4 Å². The van der Waals surface area contributed by atoms with Gasteiger partial charge in [0.25, 0.3) is 5.91 Å². The van der Waals surface area contributed by atoms with Crippen LogP contribution >= 0.6 is 22.6 Å². The van der Waals surface area contributed by atoms with Gasteiger partial charge < -0.3 is 25.6 Å². The number of benzene rings is 1. The SMILES string of the molecule is CNC(=O)[C@H]1O[C@@H](n2cnc3c(NCc4cccc(I)c4)nc(C)nc32)C(O)[C@H]1O. The monoisotopic (exact) mass is 524 g/mol. The molecule has 4 atom stereocenters. The molecule has 1 aliphatic heterocycles. The van der Waals surface area contributed by atoms with Gasteiger partial charge in [-0.25, -0.2) is 15.0 Å². The Kier molecular flexibility index (Phi) is 5.86. The molecule has 1 amide bonds. The van der Waals surface area contributed by atoms with Gasteiger partial charge in [-0.05, 0) is 47.2 Å². The number of hydrogen-bond donors (Lipinski definition) is 4. The van der Waals surface area contributed by atoms with Crippen LogP contribution in [0.5, 0.6) is 0 Å². The minimum atomic E-state index is -1.37. The molecule has 0 radical (unpaired) electrons. The lowest BCUT2D eigenvalue weighted by molar-refractivity contribution is -0.137. The molecular formula is C19H21IN6O4. The van der Waals surface area contributed by atoms with Gasteiger partial charge in [0.2, 0.25) is 0 Å². The maximum atomic E-state index is 11.9. The van der Waals surface area contributed by atoms with Gasteiger partial charge in [0.05, 0.1) is 6.33 Å². The quantitative estimate of drug-likeness (QED) is 0.359. The first kappa shape index (κ1) is 20.9. The number of ether oxygens (including phenoxy) is 1. The maximum absolute atomic E-state index is 11.9. The molecule has 1 saturated heterocycles. The van der Waals surface area contributed by atoms with Crippen molar-refractivity contribution >= 4 is 45.5 Å². The Hall–Kier alpha value is -2.35. The summed E-state index contributed by atoms with van der Waals surface area (Å²) in [5.41, 5.74) is 2.03. The molecule has 1 aliphatic rings. The number of aryl methyl sites for hydroxylation is 1. The van der Waals surface area contributed by atoms with Gasteiger partial charge in [0.15, 0.2) is 29.3 Å². The van der Waals surface area contributed by atoms with Crippen LogP contribution in [0, 0.1) is 10.5 Å². The van der Waals surface area contributed by atoms with E-state index >= 15 is 0 Å². The summed E-state index contributed by atoms with van der Waals surface area (Å²) in [6.07, 6.45) is -3.42. The Labute approximate surface area is 185 Å². The van der Waals surface area contributed by atoms with Crippen molar-refractivity contribution in [3.8, 4) is 0 Å². The van der Waals surface area contributed by atoms with Gasteiger partial charge in [-0.15, -0.1) is 0 Å². The number of fused-ring (bicyclic) bond motifs is 1. The number of carbonyl (C=O) groups is 1. The summed E-state index contributed by atoms with van der Waals surface area (Å²) < 4.78 is 8.29. The molecule has 0 aliphatic carbocycles. The average Bonchev–Trinajstić information content (AvgIpc) is 3.27. The molecule has 1 unspecified atom stereocenters. The zero-order valence-corrected chi connectivity index (χ0v) is 18.4. The van der Waals surface area contributed by atoms with Crippen LogP contribution in [-0.2, 0) is 16.1 Å². The van der Waals surface area contributed by atoms with Gasteiger partial charge in [-0.2, -0.15) is 0 Å². The van der Waals surface area contributed by atoms with E-state index in [1.165, 1.54) is 17.9 Å². The minimum Gasteiger partial charge on any atom is -0.387 e. The molecule has 4 rings (SSSR count). The lowest BCUT2D eigenvalue weighted by atomic mass is 10.1. The predicted molar refractivity (Wildman–Crippen MR) is 117 cm³/mol. The van der Waals surface area contributed by atoms with E-state index in [4.69, 9.17) is 4.74 Å². The highest BCUT2D eigenvalue weighted by atomic mass is 127. The van der Waals surface area contributed by atoms with Gasteiger partial charge in [0, 0.05) is 17.2 Å². The Morgan fingerprint density at radius 3 is 2.83 bits per heavy atom. The molecule has 2 aromatic heterocycles. The number of aliphatic hydroxyl groups excluding tert-OH is 2. The summed E-state index contributed by atoms with van der Waals surface area (Å²) in [4.78, 5) is 25.2. The zero-order valence-electron chi connectivity index (χ0n) is 16.3. The molecule has 4 N–H and O–H groups in total. The Morgan fingerprint density at radius 1 is 1.30 bits per heavy atom. The molecular weight excluding hydrogens is 503 g/mol. The number of hydrogen-bond acceptors (Lipinski definition) is 8. The van der Waals surface area contributed by atoms with Crippen molar-refractivity contribution in [1.29, 1.82) is 0 Å². The van der Waals surface area contributed by atoms with E-state index in [9.17, 15) is 15.0 Å². The second kappa shape index (κ2) is 8.41. The second-order valence-corrected chi connectivity index (χ2v) is 8.22. The van der Waals surface area contributed by atoms with Crippen LogP contribution in [0.15, 0.2) is 30.6 Å². The molecule has 1 fully saturated rings. The first-order valence-corrected chi connectivity index (χ1v) is 10.4. The largest absolute Gasteiger partial charge is 0.387 e. The van der Waals surface area contributed by atoms with E-state index in [2.05, 4.69) is 54.2 Å². The highest BCUT2D eigenvalue weighted by molar-refractivity contribution is 14.1. The van der Waals surface area contributed by atoms with Crippen LogP contribution in [0.4, 0.5) is 5.82 Å². The topological polar surface area (TPSA) is 134 Å². The predicted octanol–water partition coefficient (Wildman–Crippen LogP) is 0.717. The molecule has 0 saturated carbocycles. The number of aromatic nitrogens is 4. The number of carbonyl (C=O) groups excluding carboxylic acids is 1. The van der Waals surface area contributed by atoms with E-state index in [1.807, 2.05) is 18.2 Å². The maximum Gasteiger partial charge on any atom is 0.251 e. The molecule has 11 heteroatoms. The van der Waals surface area contributed by atoms with Crippen LogP contribution < -0.4 is 10.6 Å². The van der Waals surface area contributed by atoms with Crippen LogP contribution in [0.1, 0.15) is 17.6 Å². The standard InChI is InChI=1S/C19H21IN6O4/c1-9-24-16(22-7-10-4-3-5-11(20)6-10)12-17(25-9)26(8-23-12)19-14(28)13(27)15(30-19)18(29)21-2/h3-6,8,13-15,19,27-28H,7H2,1-2H3,(H,21,29)(H,22,24,25)/t13-,14?,15+,19-/m1/s1. The number of rotatable bonds is 5. The van der Waals surface area contributed by atoms with Crippen molar-refractivity contribution in [3.05, 3.63) is 45.6 Å². The summed E-state index contributed by atoms with van der Waals surface area (Å²) in [5, 5.41) is 26.4. The summed E-state index contributed by atoms with van der Waals surface area (Å²) in [5.74, 6) is 0.537. The number of aliphatic hydroxyl groups is 2. The highest BCUT2D eigenvalue weighted by Crippen LogP contribution is 2.32. The third-order valence-electron chi connectivity index (χ3n) is 4.90. The van der Waals surface area contributed by atoms with Crippen LogP contribution in [0.25, 0.3) is 11.2 Å². The molecule has 3 heterocycles. The summed E-state index contributed by atoms with van der Waals surface area (Å²) in [6.45, 7) is 2.30. The van der Waals surface area contributed by atoms with E-state index < -0.39 is 30.4 Å². The average molecular weight is 524 g/mol. The van der Waals surface area contributed by atoms with Gasteiger partial charge >= 0.3 is 0 Å². The van der Waals surface area contributed by atoms with Gasteiger partial charge in [0.1, 0.15) is 18.0 Å². The number of nitrogens with zero attached hydrogens (tertiary/aromatic N) is 4. The van der Waals surface area contributed by atoms with E-state index in [-0.39, 0.29) is 0 Å². The molecule has 3 aromatic rings. The number of anilines is 1. The fraction of sp³-hybridized carbons (Fsp3) is 0.368. The van der Waals surface area contributed by atoms with Crippen molar-refractivity contribution in [1.82, 2.24) is 24.8 Å². The summed E-state index contributed by atoms with van der Waals surface area (Å²) in [6, 6.07) is 8.09. The third kappa shape index (κ3) is 3.85. The number of likely N-dealkylation sites (N-methyl/N-ethyl adjacent to an activating group) is 1. The van der Waals surface area contributed by atoms with Crippen LogP contribution in [0.2, 0.25) is 0 Å². The van der Waals surface area contributed by atoms with Gasteiger partial charge in [-0.1, -0.05) is 12.1 Å². The first-order chi connectivity index (χ1) is 14.4. The smallest absolute Gasteiger partial charge is 0.251 e. The van der Waals surface area contributed by atoms with Crippen molar-refractivity contribution in [2.24, 2.45) is 0 Å².